The molecule has 3 heteroatoms. The average molecular weight is 253 g/mol. The molecule has 0 aliphatic carbocycles. The van der Waals surface area contributed by atoms with Crippen LogP contribution in [0.15, 0.2) is 36.4 Å². The molecule has 96 valence electrons. The zero-order chi connectivity index (χ0) is 13.8. The second-order valence-corrected chi connectivity index (χ2v) is 4.21. The maximum Gasteiger partial charge on any atom is 0.258 e. The summed E-state index contributed by atoms with van der Waals surface area (Å²) in [6.45, 7) is 2.60. The van der Waals surface area contributed by atoms with Crippen LogP contribution in [-0.4, -0.2) is 29.0 Å². The summed E-state index contributed by atoms with van der Waals surface area (Å²) in [5.41, 5.74) is 0.288. The topological polar surface area (TPSA) is 40.5 Å². The molecule has 2 aromatic carbocycles. The number of rotatable bonds is 3. The van der Waals surface area contributed by atoms with Crippen LogP contribution in [-0.2, 0) is 0 Å². The van der Waals surface area contributed by atoms with Crippen LogP contribution in [0.4, 0.5) is 0 Å². The Morgan fingerprint density at radius 3 is 2.74 bits per heavy atom. The SMILES string of the molecule is C#CCN(CC)C(=O)c1ccc2ccccc2c1O. The van der Waals surface area contributed by atoms with Crippen LogP contribution in [0.2, 0.25) is 0 Å². The van der Waals surface area contributed by atoms with Gasteiger partial charge in [-0.1, -0.05) is 36.3 Å². The lowest BCUT2D eigenvalue weighted by molar-refractivity contribution is 0.0782. The minimum absolute atomic E-state index is 0.0126. The molecule has 0 unspecified atom stereocenters. The molecule has 2 aromatic rings. The number of carbonyl (C=O) groups is 1. The highest BCUT2D eigenvalue weighted by atomic mass is 16.3. The number of aromatic hydroxyl groups is 1. The van der Waals surface area contributed by atoms with E-state index in [9.17, 15) is 9.90 Å². The van der Waals surface area contributed by atoms with Gasteiger partial charge in [-0.15, -0.1) is 6.42 Å². The molecule has 0 heterocycles. The largest absolute Gasteiger partial charge is 0.506 e. The number of nitrogens with zero attached hydrogens (tertiary/aromatic N) is 1. The van der Waals surface area contributed by atoms with E-state index in [1.54, 1.807) is 12.1 Å². The molecule has 0 fully saturated rings. The number of hydrogen-bond donors (Lipinski definition) is 1. The fourth-order valence-corrected chi connectivity index (χ4v) is 2.04. The first-order valence-electron chi connectivity index (χ1n) is 6.12. The van der Waals surface area contributed by atoms with Crippen molar-refractivity contribution < 1.29 is 9.90 Å². The summed E-state index contributed by atoms with van der Waals surface area (Å²) in [5.74, 6) is 2.22. The first-order valence-corrected chi connectivity index (χ1v) is 6.12. The summed E-state index contributed by atoms with van der Waals surface area (Å²) in [6, 6.07) is 10.9. The highest BCUT2D eigenvalue weighted by molar-refractivity contribution is 6.03. The third-order valence-corrected chi connectivity index (χ3v) is 3.08. The third-order valence-electron chi connectivity index (χ3n) is 3.08. The molecule has 0 aliphatic rings. The molecule has 0 atom stereocenters. The van der Waals surface area contributed by atoms with Crippen molar-refractivity contribution in [3.8, 4) is 18.1 Å². The maximum atomic E-state index is 12.3. The molecule has 1 N–H and O–H groups in total. The predicted octanol–water partition coefficient (Wildman–Crippen LogP) is 2.64. The van der Waals surface area contributed by atoms with Crippen molar-refractivity contribution in [2.75, 3.05) is 13.1 Å². The molecule has 0 saturated carbocycles. The van der Waals surface area contributed by atoms with Crippen LogP contribution < -0.4 is 0 Å². The minimum Gasteiger partial charge on any atom is -0.506 e. The smallest absolute Gasteiger partial charge is 0.258 e. The van der Waals surface area contributed by atoms with Gasteiger partial charge in [0.2, 0.25) is 0 Å². The summed E-state index contributed by atoms with van der Waals surface area (Å²) in [5, 5.41) is 11.8. The molecule has 3 nitrogen and oxygen atoms in total. The first-order chi connectivity index (χ1) is 9.19. The van der Waals surface area contributed by atoms with Gasteiger partial charge in [0.05, 0.1) is 12.1 Å². The van der Waals surface area contributed by atoms with E-state index in [4.69, 9.17) is 6.42 Å². The van der Waals surface area contributed by atoms with Crippen LogP contribution in [0.5, 0.6) is 5.75 Å². The second kappa shape index (κ2) is 5.45. The van der Waals surface area contributed by atoms with Crippen molar-refractivity contribution in [1.82, 2.24) is 4.90 Å². The highest BCUT2D eigenvalue weighted by Crippen LogP contribution is 2.29. The number of carbonyl (C=O) groups excluding carboxylic acids is 1. The summed E-state index contributed by atoms with van der Waals surface area (Å²) in [7, 11) is 0. The van der Waals surface area contributed by atoms with E-state index >= 15 is 0 Å². The van der Waals surface area contributed by atoms with Gasteiger partial charge in [-0.05, 0) is 18.4 Å². The van der Waals surface area contributed by atoms with Crippen molar-refractivity contribution in [1.29, 1.82) is 0 Å². The Morgan fingerprint density at radius 1 is 1.32 bits per heavy atom. The fraction of sp³-hybridized carbons (Fsp3) is 0.188. The third kappa shape index (κ3) is 2.38. The zero-order valence-corrected chi connectivity index (χ0v) is 10.8. The molecular formula is C16H15NO2. The Bertz CT molecular complexity index is 655. The van der Waals surface area contributed by atoms with Crippen LogP contribution in [0.25, 0.3) is 10.8 Å². The van der Waals surface area contributed by atoms with Gasteiger partial charge in [-0.2, -0.15) is 0 Å². The van der Waals surface area contributed by atoms with Crippen molar-refractivity contribution in [3.05, 3.63) is 42.0 Å². The van der Waals surface area contributed by atoms with Gasteiger partial charge in [0.1, 0.15) is 5.75 Å². The molecule has 0 aromatic heterocycles. The number of phenolic OH excluding ortho intramolecular Hbond substituents is 1. The summed E-state index contributed by atoms with van der Waals surface area (Å²) < 4.78 is 0. The van der Waals surface area contributed by atoms with Crippen molar-refractivity contribution in [2.45, 2.75) is 6.92 Å². The van der Waals surface area contributed by atoms with E-state index in [0.717, 1.165) is 5.39 Å². The quantitative estimate of drug-likeness (QED) is 0.854. The predicted molar refractivity (Wildman–Crippen MR) is 76.0 cm³/mol. The van der Waals surface area contributed by atoms with E-state index in [1.165, 1.54) is 4.90 Å². The number of amides is 1. The summed E-state index contributed by atoms with van der Waals surface area (Å²) >= 11 is 0. The summed E-state index contributed by atoms with van der Waals surface area (Å²) in [6.07, 6.45) is 5.24. The molecule has 2 rings (SSSR count). The zero-order valence-electron chi connectivity index (χ0n) is 10.8. The Kier molecular flexibility index (Phi) is 3.72. The van der Waals surface area contributed by atoms with E-state index in [2.05, 4.69) is 5.92 Å². The van der Waals surface area contributed by atoms with Crippen molar-refractivity contribution in [2.24, 2.45) is 0 Å². The van der Waals surface area contributed by atoms with Gasteiger partial charge < -0.3 is 10.0 Å². The molecule has 1 amide bonds. The Balaban J connectivity index is 2.48. The monoisotopic (exact) mass is 253 g/mol. The molecule has 19 heavy (non-hydrogen) atoms. The van der Waals surface area contributed by atoms with Gasteiger partial charge in [-0.25, -0.2) is 0 Å². The normalized spacial score (nSPS) is 10.1. The second-order valence-electron chi connectivity index (χ2n) is 4.21. The van der Waals surface area contributed by atoms with Crippen LogP contribution in [0.1, 0.15) is 17.3 Å². The highest BCUT2D eigenvalue weighted by Gasteiger charge is 2.18. The maximum absolute atomic E-state index is 12.3. The van der Waals surface area contributed by atoms with Gasteiger partial charge in [0.15, 0.2) is 0 Å². The lowest BCUT2D eigenvalue weighted by Gasteiger charge is -2.19. The fourth-order valence-electron chi connectivity index (χ4n) is 2.04. The number of benzene rings is 2. The number of phenols is 1. The average Bonchev–Trinajstić information content (AvgIpc) is 2.45. The van der Waals surface area contributed by atoms with Gasteiger partial charge in [0.25, 0.3) is 5.91 Å². The van der Waals surface area contributed by atoms with E-state index in [1.807, 2.05) is 31.2 Å². The lowest BCUT2D eigenvalue weighted by atomic mass is 10.0. The molecule has 0 aliphatic heterocycles. The Labute approximate surface area is 112 Å². The van der Waals surface area contributed by atoms with E-state index in [0.29, 0.717) is 11.9 Å². The minimum atomic E-state index is -0.247. The lowest BCUT2D eigenvalue weighted by Crippen LogP contribution is -2.31. The van der Waals surface area contributed by atoms with E-state index in [-0.39, 0.29) is 23.8 Å². The van der Waals surface area contributed by atoms with Gasteiger partial charge in [-0.3, -0.25) is 4.79 Å². The number of terminal acetylenes is 1. The van der Waals surface area contributed by atoms with Crippen molar-refractivity contribution in [3.63, 3.8) is 0 Å². The number of hydrogen-bond acceptors (Lipinski definition) is 2. The van der Waals surface area contributed by atoms with Gasteiger partial charge >= 0.3 is 0 Å². The summed E-state index contributed by atoms with van der Waals surface area (Å²) in [4.78, 5) is 13.8. The Morgan fingerprint density at radius 2 is 2.05 bits per heavy atom. The first kappa shape index (κ1) is 13.0. The van der Waals surface area contributed by atoms with E-state index < -0.39 is 0 Å². The molecular weight excluding hydrogens is 238 g/mol. The molecule has 0 bridgehead atoms. The standard InChI is InChI=1S/C16H15NO2/c1-3-11-17(4-2)16(19)14-10-9-12-7-5-6-8-13(12)15(14)18/h1,5-10,18H,4,11H2,2H3. The van der Waals surface area contributed by atoms with Crippen LogP contribution in [0, 0.1) is 12.3 Å². The van der Waals surface area contributed by atoms with Gasteiger partial charge in [0, 0.05) is 11.9 Å². The molecule has 0 spiro atoms. The Hall–Kier alpha value is -2.47. The number of fused-ring (bicyclic) bond motifs is 1. The van der Waals surface area contributed by atoms with Crippen LogP contribution >= 0.6 is 0 Å². The van der Waals surface area contributed by atoms with Crippen LogP contribution in [0.3, 0.4) is 0 Å². The van der Waals surface area contributed by atoms with Crippen molar-refractivity contribution >= 4 is 16.7 Å². The molecule has 0 radical (unpaired) electrons. The molecule has 0 saturated heterocycles.